The molecule has 0 radical (unpaired) electrons. The molecule has 3 rings (SSSR count). The fourth-order valence-corrected chi connectivity index (χ4v) is 3.38. The molecule has 1 unspecified atom stereocenters. The number of hydrogen-bond acceptors (Lipinski definition) is 5. The molecule has 2 heterocycles. The molecule has 27 heavy (non-hydrogen) atoms. The molecule has 2 aliphatic rings. The van der Waals surface area contributed by atoms with Crippen molar-refractivity contribution in [2.75, 3.05) is 54.1 Å². The highest BCUT2D eigenvalue weighted by Gasteiger charge is 2.34. The van der Waals surface area contributed by atoms with Gasteiger partial charge in [-0.1, -0.05) is 12.1 Å². The highest BCUT2D eigenvalue weighted by Crippen LogP contribution is 2.30. The van der Waals surface area contributed by atoms with Crippen LogP contribution in [0.5, 0.6) is 11.5 Å². The Bertz CT molecular complexity index is 621. The molecule has 0 aliphatic carbocycles. The minimum absolute atomic E-state index is 0. The SMILES string of the molecule is CN=C(NCC1COc2ccccc2O1)NCC1(N(C)C)CCOCC1.I. The minimum atomic E-state index is -0.0469. The number of hydrogen-bond donors (Lipinski definition) is 2. The van der Waals surface area contributed by atoms with Gasteiger partial charge >= 0.3 is 0 Å². The number of rotatable bonds is 5. The molecule has 8 heteroatoms. The van der Waals surface area contributed by atoms with Crippen LogP contribution in [0.15, 0.2) is 29.3 Å². The summed E-state index contributed by atoms with van der Waals surface area (Å²) in [6.45, 7) is 3.59. The molecule has 0 aromatic heterocycles. The van der Waals surface area contributed by atoms with Crippen molar-refractivity contribution in [1.29, 1.82) is 0 Å². The number of benzene rings is 1. The second kappa shape index (κ2) is 10.3. The number of fused-ring (bicyclic) bond motifs is 1. The van der Waals surface area contributed by atoms with Crippen LogP contribution >= 0.6 is 24.0 Å². The molecule has 0 saturated carbocycles. The van der Waals surface area contributed by atoms with Gasteiger partial charge in [0.2, 0.25) is 0 Å². The van der Waals surface area contributed by atoms with E-state index in [0.29, 0.717) is 13.2 Å². The van der Waals surface area contributed by atoms with E-state index >= 15 is 0 Å². The molecular weight excluding hydrogens is 459 g/mol. The van der Waals surface area contributed by atoms with Gasteiger partial charge < -0.3 is 29.7 Å². The number of guanidine groups is 1. The van der Waals surface area contributed by atoms with Crippen molar-refractivity contribution < 1.29 is 14.2 Å². The van der Waals surface area contributed by atoms with Crippen molar-refractivity contribution in [3.63, 3.8) is 0 Å². The van der Waals surface area contributed by atoms with Crippen LogP contribution in [0.2, 0.25) is 0 Å². The summed E-state index contributed by atoms with van der Waals surface area (Å²) in [7, 11) is 6.05. The van der Waals surface area contributed by atoms with E-state index < -0.39 is 0 Å². The lowest BCUT2D eigenvalue weighted by Crippen LogP contribution is -2.57. The molecule has 2 aliphatic heterocycles. The normalized spacial score (nSPS) is 21.3. The number of aliphatic imine (C=N–C) groups is 1. The Morgan fingerprint density at radius 2 is 1.89 bits per heavy atom. The first-order chi connectivity index (χ1) is 12.6. The third-order valence-electron chi connectivity index (χ3n) is 5.25. The number of para-hydroxylation sites is 2. The maximum Gasteiger partial charge on any atom is 0.191 e. The summed E-state index contributed by atoms with van der Waals surface area (Å²) in [6, 6.07) is 7.76. The molecule has 0 spiro atoms. The lowest BCUT2D eigenvalue weighted by Gasteiger charge is -2.43. The number of nitrogens with one attached hydrogen (secondary N) is 2. The Morgan fingerprint density at radius 1 is 1.19 bits per heavy atom. The van der Waals surface area contributed by atoms with Crippen molar-refractivity contribution in [2.45, 2.75) is 24.5 Å². The van der Waals surface area contributed by atoms with Crippen LogP contribution in [0.25, 0.3) is 0 Å². The van der Waals surface area contributed by atoms with Gasteiger partial charge in [0.1, 0.15) is 12.7 Å². The van der Waals surface area contributed by atoms with E-state index in [1.807, 2.05) is 24.3 Å². The monoisotopic (exact) mass is 490 g/mol. The van der Waals surface area contributed by atoms with Crippen LogP contribution in [-0.2, 0) is 4.74 Å². The molecule has 1 aromatic carbocycles. The fraction of sp³-hybridized carbons (Fsp3) is 0.632. The van der Waals surface area contributed by atoms with E-state index in [4.69, 9.17) is 14.2 Å². The van der Waals surface area contributed by atoms with Crippen molar-refractivity contribution in [3.05, 3.63) is 24.3 Å². The zero-order valence-electron chi connectivity index (χ0n) is 16.4. The zero-order chi connectivity index (χ0) is 18.4. The molecular formula is C19H31IN4O3. The summed E-state index contributed by atoms with van der Waals surface area (Å²) in [6.07, 6.45) is 1.98. The lowest BCUT2D eigenvalue weighted by atomic mass is 9.88. The topological polar surface area (TPSA) is 67.4 Å². The van der Waals surface area contributed by atoms with Crippen molar-refractivity contribution in [1.82, 2.24) is 15.5 Å². The predicted octanol–water partition coefficient (Wildman–Crippen LogP) is 1.72. The second-order valence-corrected chi connectivity index (χ2v) is 7.04. The maximum atomic E-state index is 5.98. The smallest absolute Gasteiger partial charge is 0.191 e. The Labute approximate surface area is 178 Å². The third kappa shape index (κ3) is 5.61. The standard InChI is InChI=1S/C19H30N4O3.HI/c1-20-18(22-14-19(23(2)3)8-10-24-11-9-19)21-12-15-13-25-16-6-4-5-7-17(16)26-15;/h4-7,15H,8-14H2,1-3H3,(H2,20,21,22);1H. The van der Waals surface area contributed by atoms with Crippen LogP contribution < -0.4 is 20.1 Å². The van der Waals surface area contributed by atoms with Gasteiger partial charge in [-0.25, -0.2) is 0 Å². The largest absolute Gasteiger partial charge is 0.486 e. The molecule has 2 N–H and O–H groups in total. The van der Waals surface area contributed by atoms with Gasteiger partial charge in [0.25, 0.3) is 0 Å². The fourth-order valence-electron chi connectivity index (χ4n) is 3.38. The van der Waals surface area contributed by atoms with E-state index in [-0.39, 0.29) is 35.6 Å². The van der Waals surface area contributed by atoms with Crippen molar-refractivity contribution in [2.24, 2.45) is 4.99 Å². The average molecular weight is 490 g/mol. The molecule has 1 fully saturated rings. The van der Waals surface area contributed by atoms with Gasteiger partial charge in [0.05, 0.1) is 6.54 Å². The molecule has 0 amide bonds. The van der Waals surface area contributed by atoms with Gasteiger partial charge in [-0.3, -0.25) is 4.99 Å². The van der Waals surface area contributed by atoms with Gasteiger partial charge in [-0.2, -0.15) is 0 Å². The van der Waals surface area contributed by atoms with Gasteiger partial charge in [-0.05, 0) is 39.1 Å². The Hall–Kier alpha value is -1.26. The number of ether oxygens (including phenoxy) is 3. The summed E-state index contributed by atoms with van der Waals surface area (Å²) in [5, 5.41) is 6.82. The van der Waals surface area contributed by atoms with Crippen LogP contribution in [0.4, 0.5) is 0 Å². The quantitative estimate of drug-likeness (QED) is 0.373. The summed E-state index contributed by atoms with van der Waals surface area (Å²) in [4.78, 5) is 6.64. The Morgan fingerprint density at radius 3 is 2.56 bits per heavy atom. The van der Waals surface area contributed by atoms with Crippen LogP contribution in [-0.4, -0.2) is 76.6 Å². The van der Waals surface area contributed by atoms with E-state index in [1.165, 1.54) is 0 Å². The summed E-state index contributed by atoms with van der Waals surface area (Å²) < 4.78 is 17.3. The second-order valence-electron chi connectivity index (χ2n) is 7.04. The molecule has 1 atom stereocenters. The van der Waals surface area contributed by atoms with Gasteiger partial charge in [-0.15, -0.1) is 24.0 Å². The predicted molar refractivity (Wildman–Crippen MR) is 118 cm³/mol. The number of nitrogens with zero attached hydrogens (tertiary/aromatic N) is 2. The molecule has 152 valence electrons. The van der Waals surface area contributed by atoms with Crippen LogP contribution in [0, 0.1) is 0 Å². The lowest BCUT2D eigenvalue weighted by molar-refractivity contribution is -0.00503. The van der Waals surface area contributed by atoms with E-state index in [2.05, 4.69) is 34.6 Å². The molecule has 1 saturated heterocycles. The van der Waals surface area contributed by atoms with Crippen LogP contribution in [0.3, 0.4) is 0 Å². The first kappa shape index (κ1) is 22.0. The number of halogens is 1. The molecule has 1 aromatic rings. The highest BCUT2D eigenvalue weighted by molar-refractivity contribution is 14.0. The molecule has 0 bridgehead atoms. The first-order valence-corrected chi connectivity index (χ1v) is 9.21. The minimum Gasteiger partial charge on any atom is -0.486 e. The number of likely N-dealkylation sites (N-methyl/N-ethyl adjacent to an activating group) is 1. The van der Waals surface area contributed by atoms with E-state index in [0.717, 1.165) is 50.1 Å². The summed E-state index contributed by atoms with van der Waals surface area (Å²) >= 11 is 0. The zero-order valence-corrected chi connectivity index (χ0v) is 18.7. The Kier molecular flexibility index (Phi) is 8.43. The van der Waals surface area contributed by atoms with E-state index in [9.17, 15) is 0 Å². The molecule has 7 nitrogen and oxygen atoms in total. The van der Waals surface area contributed by atoms with Crippen LogP contribution in [0.1, 0.15) is 12.8 Å². The van der Waals surface area contributed by atoms with E-state index in [1.54, 1.807) is 7.05 Å². The third-order valence-corrected chi connectivity index (χ3v) is 5.25. The Balaban J connectivity index is 0.00000261. The highest BCUT2D eigenvalue weighted by atomic mass is 127. The van der Waals surface area contributed by atoms with Crippen molar-refractivity contribution >= 4 is 29.9 Å². The first-order valence-electron chi connectivity index (χ1n) is 9.21. The summed E-state index contributed by atoms with van der Waals surface area (Å²) in [5.41, 5.74) is 0.0965. The van der Waals surface area contributed by atoms with Crippen molar-refractivity contribution in [3.8, 4) is 11.5 Å². The van der Waals surface area contributed by atoms with Gasteiger partial charge in [0, 0.05) is 32.3 Å². The summed E-state index contributed by atoms with van der Waals surface area (Å²) in [5.74, 6) is 2.38. The average Bonchev–Trinajstić information content (AvgIpc) is 2.68. The van der Waals surface area contributed by atoms with Gasteiger partial charge in [0.15, 0.2) is 17.5 Å². The maximum absolute atomic E-state index is 5.98.